The number of aliphatic hydroxyl groups excluding tert-OH is 1. The van der Waals surface area contributed by atoms with Crippen molar-refractivity contribution < 1.29 is 9.50 Å². The number of hydrogen-bond donors (Lipinski definition) is 1. The van der Waals surface area contributed by atoms with Gasteiger partial charge in [0.25, 0.3) is 0 Å². The van der Waals surface area contributed by atoms with Crippen LogP contribution in [0.4, 0.5) is 4.39 Å². The van der Waals surface area contributed by atoms with E-state index in [2.05, 4.69) is 21.5 Å². The van der Waals surface area contributed by atoms with E-state index in [0.29, 0.717) is 17.5 Å². The number of nitrogens with zero attached hydrogens (tertiary/aromatic N) is 4. The van der Waals surface area contributed by atoms with Crippen LogP contribution in [0.15, 0.2) is 30.6 Å². The van der Waals surface area contributed by atoms with Gasteiger partial charge in [0, 0.05) is 48.9 Å². The third-order valence-electron chi connectivity index (χ3n) is 5.87. The van der Waals surface area contributed by atoms with Gasteiger partial charge in [-0.1, -0.05) is 11.8 Å². The van der Waals surface area contributed by atoms with Crippen LogP contribution in [-0.4, -0.2) is 30.5 Å². The summed E-state index contributed by atoms with van der Waals surface area (Å²) in [7, 11) is 1.94. The molecule has 1 aromatic carbocycles. The van der Waals surface area contributed by atoms with Crippen molar-refractivity contribution in [3.05, 3.63) is 58.9 Å². The molecule has 0 saturated heterocycles. The number of halogens is 1. The quantitative estimate of drug-likeness (QED) is 0.699. The smallest absolute Gasteiger partial charge is 0.140 e. The predicted octanol–water partition coefficient (Wildman–Crippen LogP) is 3.18. The molecule has 0 amide bonds. The molecule has 1 N–H and O–H groups in total. The molecule has 2 bridgehead atoms. The van der Waals surface area contributed by atoms with Gasteiger partial charge >= 0.3 is 0 Å². The molecule has 2 aromatic heterocycles. The Labute approximate surface area is 162 Å². The second kappa shape index (κ2) is 6.32. The van der Waals surface area contributed by atoms with Crippen LogP contribution in [0.3, 0.4) is 0 Å². The summed E-state index contributed by atoms with van der Waals surface area (Å²) < 4.78 is 18.8. The van der Waals surface area contributed by atoms with Crippen molar-refractivity contribution in [2.45, 2.75) is 44.2 Å². The number of imidazole rings is 1. The number of aryl methyl sites for hydroxylation is 1. The Morgan fingerprint density at radius 1 is 1.32 bits per heavy atom. The minimum atomic E-state index is -0.793. The maximum atomic E-state index is 14.6. The van der Waals surface area contributed by atoms with E-state index in [0.717, 1.165) is 47.6 Å². The van der Waals surface area contributed by atoms with E-state index in [1.165, 1.54) is 0 Å². The van der Waals surface area contributed by atoms with Crippen LogP contribution in [0, 0.1) is 17.7 Å². The van der Waals surface area contributed by atoms with E-state index in [4.69, 9.17) is 4.98 Å². The van der Waals surface area contributed by atoms with Gasteiger partial charge in [-0.3, -0.25) is 4.68 Å². The molecule has 142 valence electrons. The fourth-order valence-electron chi connectivity index (χ4n) is 4.34. The highest BCUT2D eigenvalue weighted by atomic mass is 19.1. The van der Waals surface area contributed by atoms with Gasteiger partial charge < -0.3 is 9.67 Å². The molecule has 0 spiro atoms. The molecule has 3 aromatic rings. The zero-order chi connectivity index (χ0) is 19.4. The highest BCUT2D eigenvalue weighted by Crippen LogP contribution is 2.52. The molecular formula is C22H21FN4O. The molecule has 4 heterocycles. The maximum Gasteiger partial charge on any atom is 0.140 e. The Hall–Kier alpha value is -2.91. The Morgan fingerprint density at radius 3 is 2.86 bits per heavy atom. The first-order chi connectivity index (χ1) is 13.5. The lowest BCUT2D eigenvalue weighted by Crippen LogP contribution is -2.24. The summed E-state index contributed by atoms with van der Waals surface area (Å²) in [5.41, 5.74) is 4.56. The van der Waals surface area contributed by atoms with Crippen LogP contribution >= 0.6 is 0 Å². The summed E-state index contributed by atoms with van der Waals surface area (Å²) >= 11 is 0. The lowest BCUT2D eigenvalue weighted by atomic mass is 9.75. The minimum Gasteiger partial charge on any atom is -0.381 e. The van der Waals surface area contributed by atoms with Gasteiger partial charge in [-0.25, -0.2) is 9.37 Å². The highest BCUT2D eigenvalue weighted by molar-refractivity contribution is 5.67. The fraction of sp³-hybridized carbons (Fsp3) is 0.364. The average Bonchev–Trinajstić information content (AvgIpc) is 3.14. The molecule has 3 aliphatic rings. The van der Waals surface area contributed by atoms with Crippen molar-refractivity contribution in [1.29, 1.82) is 0 Å². The molecule has 1 aliphatic carbocycles. The van der Waals surface area contributed by atoms with Gasteiger partial charge in [-0.15, -0.1) is 0 Å². The topological polar surface area (TPSA) is 55.9 Å². The van der Waals surface area contributed by atoms with E-state index in [9.17, 15) is 9.50 Å². The molecule has 6 heteroatoms. The SMILES string of the molecule is C[C@@H](O)C#Cc1cc2c(cc1F)C1CC(C1)n1c(Cc3ccnn3C)cnc1-2. The van der Waals surface area contributed by atoms with Crippen LogP contribution in [0.25, 0.3) is 11.4 Å². The average molecular weight is 376 g/mol. The molecule has 1 saturated carbocycles. The second-order valence-electron chi connectivity index (χ2n) is 7.75. The molecule has 1 fully saturated rings. The monoisotopic (exact) mass is 376 g/mol. The van der Waals surface area contributed by atoms with Crippen molar-refractivity contribution in [2.75, 3.05) is 0 Å². The molecule has 0 radical (unpaired) electrons. The molecule has 28 heavy (non-hydrogen) atoms. The van der Waals surface area contributed by atoms with Crippen molar-refractivity contribution in [1.82, 2.24) is 19.3 Å². The van der Waals surface area contributed by atoms with Gasteiger partial charge in [-0.05, 0) is 49.4 Å². The van der Waals surface area contributed by atoms with Crippen LogP contribution in [0.1, 0.15) is 54.2 Å². The van der Waals surface area contributed by atoms with E-state index < -0.39 is 6.10 Å². The summed E-state index contributed by atoms with van der Waals surface area (Å²) in [5.74, 6) is 6.33. The number of hydrogen-bond acceptors (Lipinski definition) is 3. The largest absolute Gasteiger partial charge is 0.381 e. The standard InChI is InChI=1S/C22H21FN4O/c1-13(28)3-4-14-9-20-19(11-21(14)23)15-7-17(8-15)27-18(12-24-22(20)27)10-16-5-6-25-26(16)2/h5-6,9,11-13,15,17,28H,7-8,10H2,1-2H3/t13-,15?,17?/m1/s1. The number of benzene rings is 1. The Kier molecular flexibility index (Phi) is 3.88. The van der Waals surface area contributed by atoms with Crippen molar-refractivity contribution >= 4 is 0 Å². The normalized spacial score (nSPS) is 20.3. The van der Waals surface area contributed by atoms with Gasteiger partial charge in [-0.2, -0.15) is 5.10 Å². The first-order valence-corrected chi connectivity index (χ1v) is 9.57. The number of aromatic nitrogens is 4. The highest BCUT2D eigenvalue weighted by Gasteiger charge is 2.40. The van der Waals surface area contributed by atoms with Gasteiger partial charge in [0.2, 0.25) is 0 Å². The lowest BCUT2D eigenvalue weighted by molar-refractivity contribution is 0.253. The third-order valence-corrected chi connectivity index (χ3v) is 5.87. The van der Waals surface area contributed by atoms with Gasteiger partial charge in [0.15, 0.2) is 0 Å². The second-order valence-corrected chi connectivity index (χ2v) is 7.75. The van der Waals surface area contributed by atoms with Crippen LogP contribution < -0.4 is 0 Å². The Morgan fingerprint density at radius 2 is 2.14 bits per heavy atom. The number of aliphatic hydroxyl groups is 1. The Balaban J connectivity index is 1.63. The molecule has 6 rings (SSSR count). The Bertz CT molecular complexity index is 1130. The molecule has 1 atom stereocenters. The summed E-state index contributed by atoms with van der Waals surface area (Å²) in [6.45, 7) is 1.57. The van der Waals surface area contributed by atoms with Crippen molar-refractivity contribution in [3.8, 4) is 23.2 Å². The van der Waals surface area contributed by atoms with E-state index >= 15 is 0 Å². The maximum absolute atomic E-state index is 14.6. The van der Waals surface area contributed by atoms with Crippen LogP contribution in [0.5, 0.6) is 0 Å². The predicted molar refractivity (Wildman–Crippen MR) is 103 cm³/mol. The van der Waals surface area contributed by atoms with Crippen molar-refractivity contribution in [3.63, 3.8) is 0 Å². The van der Waals surface area contributed by atoms with E-state index in [-0.39, 0.29) is 5.82 Å². The van der Waals surface area contributed by atoms with Gasteiger partial charge in [0.05, 0.1) is 5.56 Å². The molecule has 5 nitrogen and oxygen atoms in total. The molecule has 0 unspecified atom stereocenters. The van der Waals surface area contributed by atoms with Crippen LogP contribution in [-0.2, 0) is 13.5 Å². The summed E-state index contributed by atoms with van der Waals surface area (Å²) in [5, 5.41) is 13.7. The van der Waals surface area contributed by atoms with E-state index in [1.807, 2.05) is 24.0 Å². The molecular weight excluding hydrogens is 355 g/mol. The summed E-state index contributed by atoms with van der Waals surface area (Å²) in [6, 6.07) is 5.84. The summed E-state index contributed by atoms with van der Waals surface area (Å²) in [6.07, 6.45) is 5.71. The zero-order valence-corrected chi connectivity index (χ0v) is 15.9. The first kappa shape index (κ1) is 17.2. The van der Waals surface area contributed by atoms with Gasteiger partial charge in [0.1, 0.15) is 17.7 Å². The third kappa shape index (κ3) is 2.66. The first-order valence-electron chi connectivity index (χ1n) is 9.57. The zero-order valence-electron chi connectivity index (χ0n) is 15.9. The fourth-order valence-corrected chi connectivity index (χ4v) is 4.34. The van der Waals surface area contributed by atoms with E-state index in [1.54, 1.807) is 25.3 Å². The molecule has 2 aliphatic heterocycles. The lowest BCUT2D eigenvalue weighted by Gasteiger charge is -2.35. The van der Waals surface area contributed by atoms with Crippen molar-refractivity contribution in [2.24, 2.45) is 7.05 Å². The summed E-state index contributed by atoms with van der Waals surface area (Å²) in [4.78, 5) is 4.72. The van der Waals surface area contributed by atoms with Crippen LogP contribution in [0.2, 0.25) is 0 Å². The number of rotatable bonds is 2. The minimum absolute atomic E-state index is 0.307.